The van der Waals surface area contributed by atoms with Crippen LogP contribution in [-0.2, 0) is 10.3 Å². The zero-order valence-corrected chi connectivity index (χ0v) is 21.0. The zero-order chi connectivity index (χ0) is 25.9. The molecule has 1 spiro atoms. The molecule has 7 rings (SSSR count). The van der Waals surface area contributed by atoms with Crippen molar-refractivity contribution in [2.24, 2.45) is 0 Å². The summed E-state index contributed by atoms with van der Waals surface area (Å²) in [6, 6.07) is 27.0. The number of ketones is 1. The number of carbonyl (C=O) groups is 2. The Morgan fingerprint density at radius 2 is 1.58 bits per heavy atom. The standard InChI is InChI=1S/C32H26N2O4/c1-20(35)21-8-10-22(11-9-21)33-23-12-15-29-28(18-23)32(26-7-3-2-6-25(26)31(36)38-32)27-14-13-24(19-30(27)37-29)34-16-4-5-17-34/h2-3,6-15,18-19,33H,4-5,16-17H2,1H3. The van der Waals surface area contributed by atoms with E-state index in [2.05, 4.69) is 22.3 Å². The van der Waals surface area contributed by atoms with Crippen molar-refractivity contribution in [2.75, 3.05) is 23.3 Å². The normalized spacial score (nSPS) is 18.9. The monoisotopic (exact) mass is 502 g/mol. The number of nitrogens with zero attached hydrogens (tertiary/aromatic N) is 1. The molecule has 0 saturated carbocycles. The minimum atomic E-state index is -1.11. The molecule has 6 nitrogen and oxygen atoms in total. The third kappa shape index (κ3) is 3.40. The van der Waals surface area contributed by atoms with E-state index < -0.39 is 5.60 Å². The Hall–Kier alpha value is -4.58. The highest BCUT2D eigenvalue weighted by atomic mass is 16.6. The molecule has 3 aliphatic heterocycles. The van der Waals surface area contributed by atoms with Crippen LogP contribution in [0.3, 0.4) is 0 Å². The molecule has 1 atom stereocenters. The van der Waals surface area contributed by atoms with E-state index in [1.54, 1.807) is 19.1 Å². The Labute approximate surface area is 220 Å². The van der Waals surface area contributed by atoms with Gasteiger partial charge in [0.1, 0.15) is 11.5 Å². The van der Waals surface area contributed by atoms with Crippen LogP contribution >= 0.6 is 0 Å². The maximum atomic E-state index is 13.2. The zero-order valence-electron chi connectivity index (χ0n) is 21.0. The van der Waals surface area contributed by atoms with Gasteiger partial charge in [0, 0.05) is 58.5 Å². The SMILES string of the molecule is CC(=O)c1ccc(Nc2ccc3c(c2)C2(OC(=O)c4ccccc42)c2ccc(N4CCCC4)cc2O3)cc1. The summed E-state index contributed by atoms with van der Waals surface area (Å²) in [7, 11) is 0. The van der Waals surface area contributed by atoms with Gasteiger partial charge in [-0.25, -0.2) is 4.79 Å². The molecule has 188 valence electrons. The molecular formula is C32H26N2O4. The Morgan fingerprint density at radius 1 is 0.816 bits per heavy atom. The number of fused-ring (bicyclic) bond motifs is 6. The molecule has 3 heterocycles. The van der Waals surface area contributed by atoms with Crippen molar-refractivity contribution < 1.29 is 19.1 Å². The number of rotatable bonds is 4. The first-order valence-corrected chi connectivity index (χ1v) is 13.0. The van der Waals surface area contributed by atoms with E-state index in [0.29, 0.717) is 22.6 Å². The van der Waals surface area contributed by atoms with E-state index in [4.69, 9.17) is 9.47 Å². The van der Waals surface area contributed by atoms with Crippen molar-refractivity contribution in [1.29, 1.82) is 0 Å². The van der Waals surface area contributed by atoms with Gasteiger partial charge in [0.05, 0.1) is 5.56 Å². The third-order valence-corrected chi connectivity index (χ3v) is 7.75. The van der Waals surface area contributed by atoms with Gasteiger partial charge in [-0.2, -0.15) is 0 Å². The van der Waals surface area contributed by atoms with Crippen LogP contribution in [0, 0.1) is 0 Å². The Balaban J connectivity index is 1.36. The molecule has 0 aromatic heterocycles. The molecule has 1 N–H and O–H groups in total. The Bertz CT molecular complexity index is 1600. The van der Waals surface area contributed by atoms with Crippen LogP contribution in [0.1, 0.15) is 57.2 Å². The Morgan fingerprint density at radius 3 is 2.37 bits per heavy atom. The first kappa shape index (κ1) is 22.6. The number of anilines is 3. The fourth-order valence-corrected chi connectivity index (χ4v) is 5.87. The van der Waals surface area contributed by atoms with E-state index in [-0.39, 0.29) is 11.8 Å². The van der Waals surface area contributed by atoms with Gasteiger partial charge in [-0.15, -0.1) is 0 Å². The van der Waals surface area contributed by atoms with Crippen molar-refractivity contribution >= 4 is 28.8 Å². The largest absolute Gasteiger partial charge is 0.456 e. The number of ether oxygens (including phenoxy) is 2. The van der Waals surface area contributed by atoms with Crippen LogP contribution in [0.2, 0.25) is 0 Å². The van der Waals surface area contributed by atoms with Gasteiger partial charge in [-0.1, -0.05) is 18.2 Å². The topological polar surface area (TPSA) is 67.9 Å². The fraction of sp³-hybridized carbons (Fsp3) is 0.188. The maximum absolute atomic E-state index is 13.2. The lowest BCUT2D eigenvalue weighted by molar-refractivity contribution is 0.0224. The van der Waals surface area contributed by atoms with Crippen LogP contribution in [0.5, 0.6) is 11.5 Å². The molecule has 38 heavy (non-hydrogen) atoms. The van der Waals surface area contributed by atoms with Crippen molar-refractivity contribution in [3.63, 3.8) is 0 Å². The molecule has 0 bridgehead atoms. The molecule has 4 aromatic carbocycles. The molecular weight excluding hydrogens is 476 g/mol. The number of nitrogens with one attached hydrogen (secondary N) is 1. The molecule has 0 amide bonds. The number of esters is 1. The summed E-state index contributed by atoms with van der Waals surface area (Å²) in [5, 5.41) is 3.42. The summed E-state index contributed by atoms with van der Waals surface area (Å²) < 4.78 is 12.8. The maximum Gasteiger partial charge on any atom is 0.340 e. The summed E-state index contributed by atoms with van der Waals surface area (Å²) in [5.41, 5.74) is 5.28. The first-order chi connectivity index (χ1) is 18.5. The lowest BCUT2D eigenvalue weighted by Gasteiger charge is -2.37. The molecule has 4 aromatic rings. The van der Waals surface area contributed by atoms with Crippen LogP contribution < -0.4 is 15.0 Å². The van der Waals surface area contributed by atoms with Gasteiger partial charge in [0.25, 0.3) is 0 Å². The van der Waals surface area contributed by atoms with E-state index in [9.17, 15) is 9.59 Å². The van der Waals surface area contributed by atoms with Crippen LogP contribution in [-0.4, -0.2) is 24.8 Å². The highest BCUT2D eigenvalue weighted by Crippen LogP contribution is 2.57. The molecule has 1 saturated heterocycles. The van der Waals surface area contributed by atoms with Gasteiger partial charge >= 0.3 is 5.97 Å². The average molecular weight is 503 g/mol. The average Bonchev–Trinajstić information content (AvgIpc) is 3.57. The minimum absolute atomic E-state index is 0.0256. The lowest BCUT2D eigenvalue weighted by Crippen LogP contribution is -2.33. The first-order valence-electron chi connectivity index (χ1n) is 13.0. The van der Waals surface area contributed by atoms with Gasteiger partial charge in [0.2, 0.25) is 0 Å². The van der Waals surface area contributed by atoms with Gasteiger partial charge < -0.3 is 19.7 Å². The van der Waals surface area contributed by atoms with Gasteiger partial charge in [-0.05, 0) is 80.4 Å². The van der Waals surface area contributed by atoms with Gasteiger partial charge in [-0.3, -0.25) is 4.79 Å². The quantitative estimate of drug-likeness (QED) is 0.245. The summed E-state index contributed by atoms with van der Waals surface area (Å²) >= 11 is 0. The van der Waals surface area contributed by atoms with Crippen molar-refractivity contribution in [1.82, 2.24) is 0 Å². The van der Waals surface area contributed by atoms with Crippen LogP contribution in [0.25, 0.3) is 0 Å². The highest BCUT2D eigenvalue weighted by Gasteiger charge is 2.53. The summed E-state index contributed by atoms with van der Waals surface area (Å²) in [5.74, 6) is 1.03. The molecule has 1 fully saturated rings. The Kier molecular flexibility index (Phi) is 5.05. The highest BCUT2D eigenvalue weighted by molar-refractivity contribution is 5.97. The third-order valence-electron chi connectivity index (χ3n) is 7.75. The molecule has 3 aliphatic rings. The summed E-state index contributed by atoms with van der Waals surface area (Å²) in [6.45, 7) is 3.61. The number of carbonyl (C=O) groups excluding carboxylic acids is 2. The van der Waals surface area contributed by atoms with E-state index >= 15 is 0 Å². The predicted molar refractivity (Wildman–Crippen MR) is 146 cm³/mol. The summed E-state index contributed by atoms with van der Waals surface area (Å²) in [4.78, 5) is 27.2. The van der Waals surface area contributed by atoms with Crippen molar-refractivity contribution in [3.8, 4) is 11.5 Å². The van der Waals surface area contributed by atoms with Crippen LogP contribution in [0.4, 0.5) is 17.1 Å². The minimum Gasteiger partial charge on any atom is -0.456 e. The smallest absolute Gasteiger partial charge is 0.340 e. The number of hydrogen-bond donors (Lipinski definition) is 1. The van der Waals surface area contributed by atoms with E-state index in [1.165, 1.54) is 12.8 Å². The second-order valence-corrected chi connectivity index (χ2v) is 10.1. The molecule has 1 unspecified atom stereocenters. The fourth-order valence-electron chi connectivity index (χ4n) is 5.87. The number of Topliss-reactive ketones (excluding diaryl/α,β-unsaturated/α-hetero) is 1. The van der Waals surface area contributed by atoms with Crippen molar-refractivity contribution in [2.45, 2.75) is 25.4 Å². The van der Waals surface area contributed by atoms with E-state index in [1.807, 2.05) is 60.7 Å². The van der Waals surface area contributed by atoms with E-state index in [0.717, 1.165) is 46.8 Å². The summed E-state index contributed by atoms with van der Waals surface area (Å²) in [6.07, 6.45) is 2.37. The van der Waals surface area contributed by atoms with Crippen molar-refractivity contribution in [3.05, 3.63) is 113 Å². The second kappa shape index (κ2) is 8.48. The van der Waals surface area contributed by atoms with Gasteiger partial charge in [0.15, 0.2) is 11.4 Å². The predicted octanol–water partition coefficient (Wildman–Crippen LogP) is 6.80. The molecule has 0 radical (unpaired) electrons. The number of benzene rings is 4. The van der Waals surface area contributed by atoms with Crippen LogP contribution in [0.15, 0.2) is 84.9 Å². The number of hydrogen-bond acceptors (Lipinski definition) is 6. The molecule has 6 heteroatoms. The lowest BCUT2D eigenvalue weighted by atomic mass is 9.77. The second-order valence-electron chi connectivity index (χ2n) is 10.1. The molecule has 0 aliphatic carbocycles.